The Kier molecular flexibility index (Phi) is 4.42. The first-order chi connectivity index (χ1) is 9.44. The smallest absolute Gasteiger partial charge is 0.264 e. The van der Waals surface area contributed by atoms with E-state index in [0.717, 1.165) is 12.1 Å². The Morgan fingerprint density at radius 1 is 1.20 bits per heavy atom. The quantitative estimate of drug-likeness (QED) is 0.881. The van der Waals surface area contributed by atoms with Crippen LogP contribution in [-0.2, 0) is 16.6 Å². The lowest BCUT2D eigenvalue weighted by atomic mass is 10.2. The van der Waals surface area contributed by atoms with Gasteiger partial charge in [0.25, 0.3) is 10.0 Å². The number of nitrogens with one attached hydrogen (secondary N) is 1. The van der Waals surface area contributed by atoms with Crippen LogP contribution in [0.1, 0.15) is 5.56 Å². The molecule has 0 spiro atoms. The minimum absolute atomic E-state index is 0.307. The molecule has 0 amide bonds. The molecule has 7 heteroatoms. The van der Waals surface area contributed by atoms with Gasteiger partial charge in [0.15, 0.2) is 0 Å². The van der Waals surface area contributed by atoms with Crippen LogP contribution in [0.4, 0.5) is 10.1 Å². The Hall–Kier alpha value is -1.44. The fourth-order valence-corrected chi connectivity index (χ4v) is 3.32. The van der Waals surface area contributed by atoms with Crippen LogP contribution in [0.5, 0.6) is 0 Å². The van der Waals surface area contributed by atoms with Gasteiger partial charge in [-0.25, -0.2) is 12.8 Å². The van der Waals surface area contributed by atoms with Crippen molar-refractivity contribution in [2.45, 2.75) is 11.5 Å². The van der Waals surface area contributed by atoms with Crippen molar-refractivity contribution in [2.75, 3.05) is 4.72 Å². The molecule has 2 rings (SSSR count). The zero-order valence-corrected chi connectivity index (χ0v) is 12.6. The van der Waals surface area contributed by atoms with Gasteiger partial charge in [-0.05, 0) is 45.8 Å². The minimum atomic E-state index is -4.07. The van der Waals surface area contributed by atoms with Crippen LogP contribution in [0.25, 0.3) is 0 Å². The average molecular weight is 360 g/mol. The van der Waals surface area contributed by atoms with E-state index in [2.05, 4.69) is 20.7 Å². The van der Waals surface area contributed by atoms with Crippen molar-refractivity contribution in [1.82, 2.24) is 0 Å². The maximum atomic E-state index is 13.7. The predicted molar refractivity (Wildman–Crippen MR) is 77.3 cm³/mol. The molecule has 0 saturated carbocycles. The van der Waals surface area contributed by atoms with Crippen molar-refractivity contribution in [2.24, 2.45) is 0 Å². The van der Waals surface area contributed by atoms with Gasteiger partial charge in [0, 0.05) is 4.47 Å². The Balaban J connectivity index is 2.43. The second-order valence-corrected chi connectivity index (χ2v) is 6.51. The fourth-order valence-electron chi connectivity index (χ4n) is 1.60. The summed E-state index contributed by atoms with van der Waals surface area (Å²) in [6, 6.07) is 10.0. The molecular weight excluding hydrogens is 349 g/mol. The molecule has 0 atom stereocenters. The third kappa shape index (κ3) is 3.17. The van der Waals surface area contributed by atoms with E-state index in [4.69, 9.17) is 5.11 Å². The highest BCUT2D eigenvalue weighted by Crippen LogP contribution is 2.25. The van der Waals surface area contributed by atoms with Gasteiger partial charge in [0.05, 0.1) is 12.3 Å². The molecule has 0 radical (unpaired) electrons. The minimum Gasteiger partial charge on any atom is -0.392 e. The van der Waals surface area contributed by atoms with Crippen molar-refractivity contribution < 1.29 is 17.9 Å². The summed E-state index contributed by atoms with van der Waals surface area (Å²) >= 11 is 3.21. The molecule has 2 N–H and O–H groups in total. The molecular formula is C13H11BrFNO3S. The molecule has 2 aromatic carbocycles. The number of benzene rings is 2. The molecule has 0 unspecified atom stereocenters. The van der Waals surface area contributed by atoms with Crippen LogP contribution < -0.4 is 4.72 Å². The molecule has 106 valence electrons. The molecule has 0 fully saturated rings. The standard InChI is InChI=1S/C13H11BrFNO3S/c14-10-3-1-2-4-12(10)16-20(18,19)13-7-9(8-17)5-6-11(13)15/h1-7,16-17H,8H2. The summed E-state index contributed by atoms with van der Waals surface area (Å²) < 4.78 is 40.9. The molecule has 0 bridgehead atoms. The van der Waals surface area contributed by atoms with Crippen LogP contribution in [0, 0.1) is 5.82 Å². The number of hydrogen-bond donors (Lipinski definition) is 2. The number of aliphatic hydroxyl groups excluding tert-OH is 1. The van der Waals surface area contributed by atoms with E-state index in [-0.39, 0.29) is 6.61 Å². The van der Waals surface area contributed by atoms with Crippen LogP contribution in [-0.4, -0.2) is 13.5 Å². The highest BCUT2D eigenvalue weighted by molar-refractivity contribution is 9.10. The van der Waals surface area contributed by atoms with Gasteiger partial charge in [-0.3, -0.25) is 4.72 Å². The number of rotatable bonds is 4. The van der Waals surface area contributed by atoms with Crippen LogP contribution in [0.2, 0.25) is 0 Å². The average Bonchev–Trinajstić information content (AvgIpc) is 2.41. The maximum Gasteiger partial charge on any atom is 0.264 e. The van der Waals surface area contributed by atoms with E-state index in [1.807, 2.05) is 0 Å². The third-order valence-electron chi connectivity index (χ3n) is 2.59. The van der Waals surface area contributed by atoms with Gasteiger partial charge >= 0.3 is 0 Å². The normalized spacial score (nSPS) is 11.3. The van der Waals surface area contributed by atoms with Gasteiger partial charge in [0.1, 0.15) is 10.7 Å². The number of anilines is 1. The molecule has 0 aliphatic rings. The zero-order valence-electron chi connectivity index (χ0n) is 10.2. The summed E-state index contributed by atoms with van der Waals surface area (Å²) in [5, 5.41) is 9.01. The summed E-state index contributed by atoms with van der Waals surface area (Å²) in [5.41, 5.74) is 0.625. The Labute approximate surface area is 124 Å². The van der Waals surface area contributed by atoms with E-state index in [0.29, 0.717) is 15.7 Å². The maximum absolute atomic E-state index is 13.7. The van der Waals surface area contributed by atoms with E-state index < -0.39 is 20.7 Å². The number of sulfonamides is 1. The summed E-state index contributed by atoms with van der Waals surface area (Å²) in [6.45, 7) is -0.363. The molecule has 0 heterocycles. The zero-order chi connectivity index (χ0) is 14.8. The molecule has 2 aromatic rings. The summed E-state index contributed by atoms with van der Waals surface area (Å²) in [5.74, 6) is -0.873. The third-order valence-corrected chi connectivity index (χ3v) is 4.66. The second kappa shape index (κ2) is 5.90. The number of para-hydroxylation sites is 1. The number of hydrogen-bond acceptors (Lipinski definition) is 3. The van der Waals surface area contributed by atoms with Gasteiger partial charge in [-0.2, -0.15) is 0 Å². The lowest BCUT2D eigenvalue weighted by Gasteiger charge is -2.11. The van der Waals surface area contributed by atoms with E-state index >= 15 is 0 Å². The molecule has 0 aliphatic carbocycles. The van der Waals surface area contributed by atoms with Crippen molar-refractivity contribution >= 4 is 31.6 Å². The Bertz CT molecular complexity index is 734. The monoisotopic (exact) mass is 359 g/mol. The van der Waals surface area contributed by atoms with Crippen LogP contribution in [0.15, 0.2) is 51.8 Å². The van der Waals surface area contributed by atoms with Gasteiger partial charge in [-0.15, -0.1) is 0 Å². The first-order valence-electron chi connectivity index (χ1n) is 5.60. The SMILES string of the molecule is O=S(=O)(Nc1ccccc1Br)c1cc(CO)ccc1F. The van der Waals surface area contributed by atoms with Crippen LogP contribution in [0.3, 0.4) is 0 Å². The number of halogens is 2. The topological polar surface area (TPSA) is 66.4 Å². The summed E-state index contributed by atoms with van der Waals surface area (Å²) in [4.78, 5) is -0.500. The number of aliphatic hydroxyl groups is 1. The van der Waals surface area contributed by atoms with E-state index in [9.17, 15) is 12.8 Å². The van der Waals surface area contributed by atoms with Gasteiger partial charge < -0.3 is 5.11 Å². The van der Waals surface area contributed by atoms with E-state index in [1.54, 1.807) is 24.3 Å². The van der Waals surface area contributed by atoms with E-state index in [1.165, 1.54) is 6.07 Å². The first kappa shape index (κ1) is 15.0. The summed E-state index contributed by atoms with van der Waals surface area (Å²) in [7, 11) is -4.07. The molecule has 0 aliphatic heterocycles. The molecule has 0 saturated heterocycles. The first-order valence-corrected chi connectivity index (χ1v) is 7.88. The van der Waals surface area contributed by atoms with Crippen molar-refractivity contribution in [3.63, 3.8) is 0 Å². The molecule has 4 nitrogen and oxygen atoms in total. The largest absolute Gasteiger partial charge is 0.392 e. The fraction of sp³-hybridized carbons (Fsp3) is 0.0769. The van der Waals surface area contributed by atoms with Gasteiger partial charge in [0.2, 0.25) is 0 Å². The van der Waals surface area contributed by atoms with Crippen molar-refractivity contribution in [1.29, 1.82) is 0 Å². The lowest BCUT2D eigenvalue weighted by molar-refractivity contribution is 0.281. The predicted octanol–water partition coefficient (Wildman–Crippen LogP) is 2.88. The Morgan fingerprint density at radius 3 is 2.55 bits per heavy atom. The molecule has 0 aromatic heterocycles. The Morgan fingerprint density at radius 2 is 1.90 bits per heavy atom. The van der Waals surface area contributed by atoms with Crippen molar-refractivity contribution in [3.8, 4) is 0 Å². The van der Waals surface area contributed by atoms with Gasteiger partial charge in [-0.1, -0.05) is 18.2 Å². The molecule has 20 heavy (non-hydrogen) atoms. The second-order valence-electron chi connectivity index (χ2n) is 4.01. The highest BCUT2D eigenvalue weighted by atomic mass is 79.9. The summed E-state index contributed by atoms with van der Waals surface area (Å²) in [6.07, 6.45) is 0. The van der Waals surface area contributed by atoms with Crippen molar-refractivity contribution in [3.05, 3.63) is 58.3 Å². The lowest BCUT2D eigenvalue weighted by Crippen LogP contribution is -2.15. The van der Waals surface area contributed by atoms with Crippen LogP contribution >= 0.6 is 15.9 Å². The highest BCUT2D eigenvalue weighted by Gasteiger charge is 2.20.